The van der Waals surface area contributed by atoms with E-state index in [0.717, 1.165) is 22.0 Å². The zero-order valence-electron chi connectivity index (χ0n) is 10.6. The number of anilines is 1. The standard InChI is InChI=1S/C13H15BrN4O/c1-2-11-12(18-15)16-8-17-13(11)19-7-9-4-3-5-10(14)6-9/h3-6,8H,2,7,15H2,1H3,(H,16,17,18). The first kappa shape index (κ1) is 13.8. The number of nitrogens with zero attached hydrogens (tertiary/aromatic N) is 2. The molecule has 0 aliphatic carbocycles. The summed E-state index contributed by atoms with van der Waals surface area (Å²) in [5.41, 5.74) is 4.50. The van der Waals surface area contributed by atoms with Crippen LogP contribution in [0.2, 0.25) is 0 Å². The van der Waals surface area contributed by atoms with E-state index >= 15 is 0 Å². The lowest BCUT2D eigenvalue weighted by Gasteiger charge is -2.12. The van der Waals surface area contributed by atoms with Crippen molar-refractivity contribution in [3.63, 3.8) is 0 Å². The van der Waals surface area contributed by atoms with Gasteiger partial charge in [0, 0.05) is 4.47 Å². The fourth-order valence-corrected chi connectivity index (χ4v) is 2.19. The molecule has 2 rings (SSSR count). The van der Waals surface area contributed by atoms with Gasteiger partial charge in [-0.1, -0.05) is 35.0 Å². The number of benzene rings is 1. The highest BCUT2D eigenvalue weighted by atomic mass is 79.9. The minimum Gasteiger partial charge on any atom is -0.472 e. The maximum atomic E-state index is 5.74. The quantitative estimate of drug-likeness (QED) is 0.654. The molecule has 0 spiro atoms. The number of aromatic nitrogens is 2. The van der Waals surface area contributed by atoms with Gasteiger partial charge in [0.15, 0.2) is 0 Å². The first-order chi connectivity index (χ1) is 9.24. The molecule has 0 fully saturated rings. The Morgan fingerprint density at radius 2 is 2.21 bits per heavy atom. The van der Waals surface area contributed by atoms with E-state index < -0.39 is 0 Å². The Morgan fingerprint density at radius 3 is 2.89 bits per heavy atom. The molecular formula is C13H15BrN4O. The molecule has 1 heterocycles. The average molecular weight is 323 g/mol. The molecule has 3 N–H and O–H groups in total. The van der Waals surface area contributed by atoms with Crippen LogP contribution < -0.4 is 16.0 Å². The van der Waals surface area contributed by atoms with Crippen LogP contribution in [0.15, 0.2) is 35.1 Å². The molecule has 0 aliphatic rings. The summed E-state index contributed by atoms with van der Waals surface area (Å²) in [7, 11) is 0. The van der Waals surface area contributed by atoms with Gasteiger partial charge >= 0.3 is 0 Å². The third kappa shape index (κ3) is 3.42. The van der Waals surface area contributed by atoms with Gasteiger partial charge in [-0.2, -0.15) is 0 Å². The molecule has 6 heteroatoms. The van der Waals surface area contributed by atoms with Crippen molar-refractivity contribution in [3.05, 3.63) is 46.2 Å². The van der Waals surface area contributed by atoms with Crippen molar-refractivity contribution in [1.82, 2.24) is 9.97 Å². The molecule has 5 nitrogen and oxygen atoms in total. The van der Waals surface area contributed by atoms with Gasteiger partial charge in [-0.3, -0.25) is 0 Å². The highest BCUT2D eigenvalue weighted by molar-refractivity contribution is 9.10. The molecule has 0 saturated heterocycles. The van der Waals surface area contributed by atoms with E-state index in [1.54, 1.807) is 0 Å². The molecule has 0 radical (unpaired) electrons. The van der Waals surface area contributed by atoms with Crippen LogP contribution in [0, 0.1) is 0 Å². The first-order valence-corrected chi connectivity index (χ1v) is 6.71. The van der Waals surface area contributed by atoms with Gasteiger partial charge in [0.2, 0.25) is 5.88 Å². The van der Waals surface area contributed by atoms with E-state index in [9.17, 15) is 0 Å². The van der Waals surface area contributed by atoms with Gasteiger partial charge in [-0.15, -0.1) is 0 Å². The number of hydrogen-bond acceptors (Lipinski definition) is 5. The van der Waals surface area contributed by atoms with Gasteiger partial charge in [0.25, 0.3) is 0 Å². The highest BCUT2D eigenvalue weighted by Gasteiger charge is 2.10. The summed E-state index contributed by atoms with van der Waals surface area (Å²) in [4.78, 5) is 8.22. The van der Waals surface area contributed by atoms with Crippen LogP contribution in [0.5, 0.6) is 5.88 Å². The van der Waals surface area contributed by atoms with Crippen molar-refractivity contribution in [2.45, 2.75) is 20.0 Å². The Balaban J connectivity index is 2.15. The number of rotatable bonds is 5. The molecule has 0 unspecified atom stereocenters. The van der Waals surface area contributed by atoms with Crippen LogP contribution >= 0.6 is 15.9 Å². The number of hydrogen-bond donors (Lipinski definition) is 2. The number of halogens is 1. The number of nitrogen functional groups attached to an aromatic ring is 1. The lowest BCUT2D eigenvalue weighted by atomic mass is 10.2. The fourth-order valence-electron chi connectivity index (χ4n) is 1.74. The predicted octanol–water partition coefficient (Wildman–Crippen LogP) is 2.67. The molecular weight excluding hydrogens is 308 g/mol. The molecule has 19 heavy (non-hydrogen) atoms. The minimum atomic E-state index is 0.452. The molecule has 0 aliphatic heterocycles. The summed E-state index contributed by atoms with van der Waals surface area (Å²) in [5.74, 6) is 6.58. The first-order valence-electron chi connectivity index (χ1n) is 5.92. The van der Waals surface area contributed by atoms with E-state index in [1.807, 2.05) is 31.2 Å². The Kier molecular flexibility index (Phi) is 4.70. The van der Waals surface area contributed by atoms with Gasteiger partial charge in [-0.25, -0.2) is 15.8 Å². The van der Waals surface area contributed by atoms with Gasteiger partial charge in [-0.05, 0) is 24.1 Å². The second kappa shape index (κ2) is 6.49. The normalized spacial score (nSPS) is 10.3. The Hall–Kier alpha value is -1.66. The number of nitrogens with one attached hydrogen (secondary N) is 1. The SMILES string of the molecule is CCc1c(NN)ncnc1OCc1cccc(Br)c1. The second-order valence-corrected chi connectivity index (χ2v) is 4.84. The molecule has 2 aromatic rings. The van der Waals surface area contributed by atoms with E-state index in [-0.39, 0.29) is 0 Å². The summed E-state index contributed by atoms with van der Waals surface area (Å²) in [5, 5.41) is 0. The van der Waals surface area contributed by atoms with Crippen LogP contribution in [0.4, 0.5) is 5.82 Å². The van der Waals surface area contributed by atoms with E-state index in [2.05, 4.69) is 31.3 Å². The second-order valence-electron chi connectivity index (χ2n) is 3.92. The van der Waals surface area contributed by atoms with Crippen molar-refractivity contribution >= 4 is 21.7 Å². The van der Waals surface area contributed by atoms with Crippen LogP contribution in [0.25, 0.3) is 0 Å². The molecule has 0 saturated carbocycles. The molecule has 1 aromatic heterocycles. The van der Waals surface area contributed by atoms with Gasteiger partial charge in [0.05, 0.1) is 5.56 Å². The predicted molar refractivity (Wildman–Crippen MR) is 77.7 cm³/mol. The molecule has 0 atom stereocenters. The van der Waals surface area contributed by atoms with Crippen LogP contribution in [-0.4, -0.2) is 9.97 Å². The smallest absolute Gasteiger partial charge is 0.222 e. The molecule has 100 valence electrons. The van der Waals surface area contributed by atoms with Gasteiger partial charge in [0.1, 0.15) is 18.8 Å². The Bertz CT molecular complexity index is 562. The van der Waals surface area contributed by atoms with Crippen molar-refractivity contribution in [2.75, 3.05) is 5.43 Å². The Labute approximate surface area is 120 Å². The third-order valence-electron chi connectivity index (χ3n) is 2.66. The zero-order chi connectivity index (χ0) is 13.7. The van der Waals surface area contributed by atoms with Crippen molar-refractivity contribution < 1.29 is 4.74 Å². The topological polar surface area (TPSA) is 73.1 Å². The number of nitrogens with two attached hydrogens (primary N) is 1. The molecule has 0 bridgehead atoms. The monoisotopic (exact) mass is 322 g/mol. The largest absolute Gasteiger partial charge is 0.472 e. The van der Waals surface area contributed by atoms with E-state index in [1.165, 1.54) is 6.33 Å². The van der Waals surface area contributed by atoms with Crippen LogP contribution in [0.1, 0.15) is 18.1 Å². The van der Waals surface area contributed by atoms with Crippen LogP contribution in [0.3, 0.4) is 0 Å². The maximum Gasteiger partial charge on any atom is 0.222 e. The van der Waals surface area contributed by atoms with Crippen molar-refractivity contribution in [2.24, 2.45) is 5.84 Å². The number of ether oxygens (including phenoxy) is 1. The highest BCUT2D eigenvalue weighted by Crippen LogP contribution is 2.23. The summed E-state index contributed by atoms with van der Waals surface area (Å²) in [6.07, 6.45) is 2.18. The Morgan fingerprint density at radius 1 is 1.37 bits per heavy atom. The van der Waals surface area contributed by atoms with Crippen molar-refractivity contribution in [1.29, 1.82) is 0 Å². The van der Waals surface area contributed by atoms with Crippen molar-refractivity contribution in [3.8, 4) is 5.88 Å². The van der Waals surface area contributed by atoms with E-state index in [0.29, 0.717) is 18.3 Å². The average Bonchev–Trinajstić information content (AvgIpc) is 2.44. The lowest BCUT2D eigenvalue weighted by molar-refractivity contribution is 0.290. The maximum absolute atomic E-state index is 5.74. The lowest BCUT2D eigenvalue weighted by Crippen LogP contribution is -2.12. The summed E-state index contributed by atoms with van der Waals surface area (Å²) < 4.78 is 6.77. The van der Waals surface area contributed by atoms with Gasteiger partial charge < -0.3 is 10.2 Å². The fraction of sp³-hybridized carbons (Fsp3) is 0.231. The minimum absolute atomic E-state index is 0.452. The molecule has 1 aromatic carbocycles. The summed E-state index contributed by atoms with van der Waals surface area (Å²) in [6, 6.07) is 7.95. The summed E-state index contributed by atoms with van der Waals surface area (Å²) >= 11 is 3.43. The van der Waals surface area contributed by atoms with E-state index in [4.69, 9.17) is 10.6 Å². The molecule has 0 amide bonds. The third-order valence-corrected chi connectivity index (χ3v) is 3.15. The number of hydrazine groups is 1. The zero-order valence-corrected chi connectivity index (χ0v) is 12.1. The van der Waals surface area contributed by atoms with Crippen LogP contribution in [-0.2, 0) is 13.0 Å². The summed E-state index contributed by atoms with van der Waals surface area (Å²) in [6.45, 7) is 2.46.